The third kappa shape index (κ3) is 20.7. The van der Waals surface area contributed by atoms with E-state index in [1.807, 2.05) is 0 Å². The van der Waals surface area contributed by atoms with E-state index in [1.54, 1.807) is 5.19 Å². The Balaban J connectivity index is 0.000000322. The zero-order valence-corrected chi connectivity index (χ0v) is 79.7. The first-order valence-corrected chi connectivity index (χ1v) is 50.6. The molecule has 0 N–H and O–H groups in total. The molecule has 0 bridgehead atoms. The van der Waals surface area contributed by atoms with E-state index in [0.717, 1.165) is 23.7 Å². The van der Waals surface area contributed by atoms with Gasteiger partial charge in [0.15, 0.2) is 0 Å². The van der Waals surface area contributed by atoms with Crippen LogP contribution in [0.3, 0.4) is 0 Å². The van der Waals surface area contributed by atoms with Crippen LogP contribution in [0.1, 0.15) is 397 Å². The summed E-state index contributed by atoms with van der Waals surface area (Å²) in [6, 6.07) is 33.5. The molecule has 0 spiro atoms. The topological polar surface area (TPSA) is 0 Å². The molecule has 5 aliphatic rings. The Bertz CT molecular complexity index is 2650. The van der Waals surface area contributed by atoms with E-state index < -0.39 is 24.2 Å². The van der Waals surface area contributed by atoms with Crippen LogP contribution in [-0.2, 0) is 0 Å². The van der Waals surface area contributed by atoms with Gasteiger partial charge in [-0.2, -0.15) is 0 Å². The SMILES string of the molecule is CC(C)(C)C(C1CCCC1)(C1CCCC1)C(C)(C)C.CC(C)(C)C(C1CCCCC1)(C1CCCCC1)C(C)(C)C.CC(C)(C)C1(C(C)(C)C)CCCCC1.CC(C)(C)[Si](C)(C)C(C)(C)C.CC(C)(C)[Si](C)(c1ccccc1)C(C)(C)C.CC(C)(C)[Si](c1ccccc1)(c1ccccc1)C(C)(C)C. The summed E-state index contributed by atoms with van der Waals surface area (Å²) in [6.45, 7) is 95.9. The van der Waals surface area contributed by atoms with E-state index in [1.165, 1.54) is 158 Å². The second-order valence-electron chi connectivity index (χ2n) is 47.6. The summed E-state index contributed by atoms with van der Waals surface area (Å²) in [5.41, 5.74) is 4.18. The third-order valence-electron chi connectivity index (χ3n) is 30.8. The van der Waals surface area contributed by atoms with Crippen LogP contribution in [0.2, 0.25) is 49.9 Å². The summed E-state index contributed by atoms with van der Waals surface area (Å²) >= 11 is 0. The normalized spacial score (nSPS) is 19.3. The smallest absolute Gasteiger partial charge is 0.0686 e. The van der Waals surface area contributed by atoms with Crippen molar-refractivity contribution in [3.8, 4) is 0 Å². The van der Waals surface area contributed by atoms with Crippen molar-refractivity contribution >= 4 is 39.8 Å². The Morgan fingerprint density at radius 2 is 0.451 bits per heavy atom. The molecule has 102 heavy (non-hydrogen) atoms. The summed E-state index contributed by atoms with van der Waals surface area (Å²) in [5.74, 6) is 3.84. The van der Waals surface area contributed by atoms with Crippen LogP contribution in [0, 0.1) is 72.4 Å². The summed E-state index contributed by atoms with van der Waals surface area (Å²) in [4.78, 5) is 0. The minimum Gasteiger partial charge on any atom is -0.0686 e. The van der Waals surface area contributed by atoms with Gasteiger partial charge in [-0.05, 0) is 167 Å². The highest BCUT2D eigenvalue weighted by Crippen LogP contribution is 2.69. The molecule has 0 aromatic heterocycles. The highest BCUT2D eigenvalue weighted by atomic mass is 28.3. The van der Waals surface area contributed by atoms with Crippen molar-refractivity contribution in [1.82, 2.24) is 0 Å². The van der Waals surface area contributed by atoms with Crippen molar-refractivity contribution in [2.75, 3.05) is 0 Å². The van der Waals surface area contributed by atoms with Crippen molar-refractivity contribution in [2.24, 2.45) is 72.4 Å². The molecule has 5 aliphatic carbocycles. The first kappa shape index (κ1) is 94.5. The van der Waals surface area contributed by atoms with E-state index in [2.05, 4.69) is 360 Å². The molecule has 3 aromatic carbocycles. The molecule has 0 saturated heterocycles. The minimum atomic E-state index is -1.95. The van der Waals surface area contributed by atoms with Gasteiger partial charge < -0.3 is 0 Å². The maximum absolute atomic E-state index is 2.56. The minimum absolute atomic E-state index is 0.244. The van der Waals surface area contributed by atoms with Crippen LogP contribution in [-0.4, -0.2) is 24.2 Å². The van der Waals surface area contributed by atoms with Crippen LogP contribution in [0.5, 0.6) is 0 Å². The predicted octanol–water partition coefficient (Wildman–Crippen LogP) is 32.4. The lowest BCUT2D eigenvalue weighted by Gasteiger charge is -2.64. The lowest BCUT2D eigenvalue weighted by atomic mass is 9.41. The molecule has 0 radical (unpaired) electrons. The Labute approximate surface area is 645 Å². The van der Waals surface area contributed by atoms with Gasteiger partial charge in [0, 0.05) is 0 Å². The van der Waals surface area contributed by atoms with Gasteiger partial charge in [0.1, 0.15) is 8.07 Å². The van der Waals surface area contributed by atoms with Crippen LogP contribution in [0.4, 0.5) is 0 Å². The van der Waals surface area contributed by atoms with Gasteiger partial charge >= 0.3 is 0 Å². The van der Waals surface area contributed by atoms with Gasteiger partial charge in [-0.3, -0.25) is 0 Å². The quantitative estimate of drug-likeness (QED) is 0.207. The second-order valence-corrected chi connectivity index (χ2v) is 65.3. The maximum atomic E-state index is 2.56. The number of hydrogen-bond acceptors (Lipinski definition) is 0. The molecule has 0 heterocycles. The van der Waals surface area contributed by atoms with E-state index in [0.29, 0.717) is 68.9 Å². The van der Waals surface area contributed by atoms with Crippen molar-refractivity contribution in [3.05, 3.63) is 91.0 Å². The molecule has 0 unspecified atom stereocenters. The molecule has 8 rings (SSSR count). The molecule has 0 amide bonds. The van der Waals surface area contributed by atoms with E-state index in [-0.39, 0.29) is 10.1 Å². The fourth-order valence-corrected chi connectivity index (χ4v) is 40.3. The fourth-order valence-electron chi connectivity index (χ4n) is 25.8. The molecule has 0 aliphatic heterocycles. The molecule has 0 nitrogen and oxygen atoms in total. The van der Waals surface area contributed by atoms with Crippen LogP contribution >= 0.6 is 0 Å². The zero-order valence-electron chi connectivity index (χ0n) is 76.7. The van der Waals surface area contributed by atoms with Crippen LogP contribution in [0.25, 0.3) is 0 Å². The molecule has 590 valence electrons. The first-order valence-electron chi connectivity index (χ1n) is 43.1. The zero-order chi connectivity index (χ0) is 78.9. The highest BCUT2D eigenvalue weighted by molar-refractivity contribution is 7.06. The van der Waals surface area contributed by atoms with Crippen molar-refractivity contribution < 1.29 is 0 Å². The number of hydrogen-bond donors (Lipinski definition) is 0. The molecule has 3 aromatic rings. The number of benzene rings is 3. The van der Waals surface area contributed by atoms with Crippen LogP contribution in [0.15, 0.2) is 91.0 Å². The van der Waals surface area contributed by atoms with E-state index in [9.17, 15) is 0 Å². The maximum Gasteiger partial charge on any atom is 0.128 e. The van der Waals surface area contributed by atoms with E-state index in [4.69, 9.17) is 0 Å². The van der Waals surface area contributed by atoms with Crippen molar-refractivity contribution in [3.63, 3.8) is 0 Å². The van der Waals surface area contributed by atoms with Gasteiger partial charge in [0.05, 0.1) is 16.1 Å². The lowest BCUT2D eigenvalue weighted by Crippen LogP contribution is -2.69. The average molecular weight is 1460 g/mol. The first-order chi connectivity index (χ1) is 45.9. The monoisotopic (exact) mass is 1460 g/mol. The summed E-state index contributed by atoms with van der Waals surface area (Å²) in [6.07, 6.45) is 33.9. The molecule has 3 heteroatoms. The predicted molar refractivity (Wildman–Crippen MR) is 476 cm³/mol. The highest BCUT2D eigenvalue weighted by Gasteiger charge is 2.62. The fraction of sp³-hybridized carbons (Fsp3) is 0.818. The Kier molecular flexibility index (Phi) is 32.5. The van der Waals surface area contributed by atoms with Gasteiger partial charge in [-0.15, -0.1) is 0 Å². The van der Waals surface area contributed by atoms with Crippen molar-refractivity contribution in [2.45, 2.75) is 447 Å². The van der Waals surface area contributed by atoms with Crippen LogP contribution < -0.4 is 15.6 Å². The largest absolute Gasteiger partial charge is 0.128 e. The molecule has 5 saturated carbocycles. The molecule has 5 fully saturated rings. The molecular weight excluding hydrogens is 1270 g/mol. The summed E-state index contributed by atoms with van der Waals surface area (Å²) < 4.78 is 0. The van der Waals surface area contributed by atoms with Gasteiger partial charge in [0.2, 0.25) is 0 Å². The van der Waals surface area contributed by atoms with Crippen molar-refractivity contribution in [1.29, 1.82) is 0 Å². The lowest BCUT2D eigenvalue weighted by molar-refractivity contribution is -0.152. The Morgan fingerprint density at radius 1 is 0.245 bits per heavy atom. The third-order valence-corrected chi connectivity index (χ3v) is 52.7. The Hall–Kier alpha value is -1.69. The average Bonchev–Trinajstić information content (AvgIpc) is 0.968. The Morgan fingerprint density at radius 3 is 0.618 bits per heavy atom. The summed E-state index contributed by atoms with van der Waals surface area (Å²) in [5, 5.41) is 6.94. The van der Waals surface area contributed by atoms with Gasteiger partial charge in [0.25, 0.3) is 0 Å². The van der Waals surface area contributed by atoms with Gasteiger partial charge in [-0.1, -0.05) is 459 Å². The second kappa shape index (κ2) is 35.1. The molecule has 0 atom stereocenters. The van der Waals surface area contributed by atoms with E-state index >= 15 is 0 Å². The summed E-state index contributed by atoms with van der Waals surface area (Å²) in [7, 11) is -4.59. The number of rotatable bonds is 7. The molecular formula is C99H182Si3. The standard InChI is InChI=1S/C21H40.C20H28Si.C19H36.C15H26Si.C14H28.C10H24Si/c2*1-19(2,3)21(20(4,5)6,17-13-9-7-10-14-17)18-15-11-8-12-16-18;1-17(2,3)19(18(4,5)6,15-11-7-8-12-15)16-13-9-10-14-16;1-14(2,3)16(7,15(4,5)6)13-11-9-8-10-12-13;1-12(2,3)14(13(4,5)6)10-8-7-9-11-14;1-9(2,3)11(7,8)10(4,5)6/h17-18H,7-16H2,1-6H3;7-16H,1-6H3;15-16H,7-14H2,1-6H3;8-12H,1-7H3;7-11H2,1-6H3;1-8H3. The van der Waals surface area contributed by atoms with Gasteiger partial charge in [-0.25, -0.2) is 0 Å².